The van der Waals surface area contributed by atoms with Gasteiger partial charge in [-0.25, -0.2) is 0 Å². The van der Waals surface area contributed by atoms with Gasteiger partial charge in [0.2, 0.25) is 0 Å². The highest BCUT2D eigenvalue weighted by Gasteiger charge is 2.23. The molecule has 0 saturated carbocycles. The lowest BCUT2D eigenvalue weighted by atomic mass is 10.7. The first kappa shape index (κ1) is 19.0. The Balaban J connectivity index is 3.36. The van der Waals surface area contributed by atoms with Gasteiger partial charge in [0.1, 0.15) is 0 Å². The first-order valence-electron chi connectivity index (χ1n) is 6.53. The van der Waals surface area contributed by atoms with Crippen LogP contribution in [0.4, 0.5) is 0 Å². The number of hydrogen-bond acceptors (Lipinski definition) is 6. The minimum atomic E-state index is -2.06. The van der Waals surface area contributed by atoms with Gasteiger partial charge >= 0.3 is 8.56 Å². The molecule has 6 nitrogen and oxygen atoms in total. The van der Waals surface area contributed by atoms with Crippen LogP contribution >= 0.6 is 0 Å². The quantitative estimate of drug-likeness (QED) is 0.353. The van der Waals surface area contributed by atoms with E-state index in [0.29, 0.717) is 52.9 Å². The molecule has 0 N–H and O–H groups in total. The maximum Gasteiger partial charge on any atom is 0.331 e. The van der Waals surface area contributed by atoms with E-state index in [1.54, 1.807) is 14.2 Å². The van der Waals surface area contributed by atoms with E-state index in [4.69, 9.17) is 27.8 Å². The van der Waals surface area contributed by atoms with Crippen molar-refractivity contribution in [1.29, 1.82) is 0 Å². The lowest BCUT2D eigenvalue weighted by molar-refractivity contribution is 0.0333. The van der Waals surface area contributed by atoms with E-state index < -0.39 is 8.56 Å². The Bertz CT molecular complexity index is 173. The van der Waals surface area contributed by atoms with E-state index >= 15 is 0 Å². The lowest BCUT2D eigenvalue weighted by Crippen LogP contribution is -2.37. The SMILES string of the molecule is COCCOCCO[Si](C)(C)OCCOCCOC. The second-order valence-electron chi connectivity index (χ2n) is 4.31. The fourth-order valence-corrected chi connectivity index (χ4v) is 2.46. The third-order valence-corrected chi connectivity index (χ3v) is 4.02. The first-order valence-corrected chi connectivity index (χ1v) is 9.35. The van der Waals surface area contributed by atoms with Gasteiger partial charge in [-0.1, -0.05) is 0 Å². The third kappa shape index (κ3) is 14.2. The predicted octanol–water partition coefficient (Wildman–Crippen LogP) is 1.05. The summed E-state index contributed by atoms with van der Waals surface area (Å²) in [6, 6.07) is 0. The molecule has 7 heteroatoms. The van der Waals surface area contributed by atoms with Crippen LogP contribution in [-0.2, 0) is 27.8 Å². The van der Waals surface area contributed by atoms with Gasteiger partial charge < -0.3 is 27.8 Å². The van der Waals surface area contributed by atoms with Gasteiger partial charge in [-0.2, -0.15) is 0 Å². The highest BCUT2D eigenvalue weighted by Crippen LogP contribution is 2.05. The molecule has 0 saturated heterocycles. The fraction of sp³-hybridized carbons (Fsp3) is 1.00. The second-order valence-corrected chi connectivity index (χ2v) is 7.68. The summed E-state index contributed by atoms with van der Waals surface area (Å²) >= 11 is 0. The van der Waals surface area contributed by atoms with E-state index in [1.165, 1.54) is 0 Å². The predicted molar refractivity (Wildman–Crippen MR) is 74.8 cm³/mol. The highest BCUT2D eigenvalue weighted by atomic mass is 28.4. The van der Waals surface area contributed by atoms with Crippen molar-refractivity contribution < 1.29 is 27.8 Å². The molecule has 0 amide bonds. The molecule has 0 unspecified atom stereocenters. The molecule has 0 radical (unpaired) electrons. The standard InChI is InChI=1S/C12H28O6Si/c1-13-5-7-15-9-11-17-19(3,4)18-12-10-16-8-6-14-2/h5-12H2,1-4H3. The minimum Gasteiger partial charge on any atom is -0.392 e. The molecule has 0 rings (SSSR count). The Morgan fingerprint density at radius 2 is 0.947 bits per heavy atom. The van der Waals surface area contributed by atoms with Crippen molar-refractivity contribution in [2.75, 3.05) is 67.1 Å². The smallest absolute Gasteiger partial charge is 0.331 e. The normalized spacial score (nSPS) is 12.0. The molecule has 0 aliphatic rings. The molecule has 0 aromatic carbocycles. The number of ether oxygens (including phenoxy) is 4. The van der Waals surface area contributed by atoms with E-state index in [9.17, 15) is 0 Å². The lowest BCUT2D eigenvalue weighted by Gasteiger charge is -2.22. The largest absolute Gasteiger partial charge is 0.392 e. The first-order chi connectivity index (χ1) is 9.12. The van der Waals surface area contributed by atoms with E-state index in [2.05, 4.69) is 0 Å². The molecular formula is C12H28O6Si. The Hall–Kier alpha value is -0.0231. The van der Waals surface area contributed by atoms with Crippen LogP contribution in [0.2, 0.25) is 13.1 Å². The molecule has 0 aliphatic carbocycles. The van der Waals surface area contributed by atoms with Gasteiger partial charge in [0.05, 0.1) is 52.9 Å². The summed E-state index contributed by atoms with van der Waals surface area (Å²) in [5, 5.41) is 0. The highest BCUT2D eigenvalue weighted by molar-refractivity contribution is 6.64. The molecule has 0 spiro atoms. The zero-order valence-electron chi connectivity index (χ0n) is 12.6. The number of methoxy groups -OCH3 is 2. The van der Waals surface area contributed by atoms with Gasteiger partial charge in [-0.3, -0.25) is 0 Å². The summed E-state index contributed by atoms with van der Waals surface area (Å²) in [5.74, 6) is 0. The van der Waals surface area contributed by atoms with Gasteiger partial charge in [0.25, 0.3) is 0 Å². The summed E-state index contributed by atoms with van der Waals surface area (Å²) in [5.41, 5.74) is 0. The van der Waals surface area contributed by atoms with Crippen molar-refractivity contribution in [3.8, 4) is 0 Å². The van der Waals surface area contributed by atoms with E-state index in [-0.39, 0.29) is 0 Å². The Labute approximate surface area is 117 Å². The second kappa shape index (κ2) is 13.0. The van der Waals surface area contributed by atoms with Crippen LogP contribution in [0, 0.1) is 0 Å². The summed E-state index contributed by atoms with van der Waals surface area (Å²) in [6.07, 6.45) is 0. The van der Waals surface area contributed by atoms with Crippen molar-refractivity contribution in [2.45, 2.75) is 13.1 Å². The Morgan fingerprint density at radius 1 is 0.579 bits per heavy atom. The van der Waals surface area contributed by atoms with Crippen molar-refractivity contribution in [3.05, 3.63) is 0 Å². The van der Waals surface area contributed by atoms with Crippen molar-refractivity contribution >= 4 is 8.56 Å². The van der Waals surface area contributed by atoms with Crippen LogP contribution in [0.1, 0.15) is 0 Å². The molecule has 0 heterocycles. The average Bonchev–Trinajstić information content (AvgIpc) is 2.38. The van der Waals surface area contributed by atoms with Crippen LogP contribution in [-0.4, -0.2) is 75.6 Å². The molecule has 19 heavy (non-hydrogen) atoms. The van der Waals surface area contributed by atoms with Crippen LogP contribution in [0.5, 0.6) is 0 Å². The molecule has 0 aliphatic heterocycles. The maximum atomic E-state index is 5.71. The Kier molecular flexibility index (Phi) is 13.0. The van der Waals surface area contributed by atoms with Gasteiger partial charge in [0.15, 0.2) is 0 Å². The molecule has 0 atom stereocenters. The van der Waals surface area contributed by atoms with Crippen LogP contribution in [0.3, 0.4) is 0 Å². The Morgan fingerprint density at radius 3 is 1.32 bits per heavy atom. The zero-order valence-corrected chi connectivity index (χ0v) is 13.6. The van der Waals surface area contributed by atoms with Crippen molar-refractivity contribution in [1.82, 2.24) is 0 Å². The molecular weight excluding hydrogens is 268 g/mol. The summed E-state index contributed by atoms with van der Waals surface area (Å²) in [4.78, 5) is 0. The van der Waals surface area contributed by atoms with Crippen LogP contribution in [0.25, 0.3) is 0 Å². The van der Waals surface area contributed by atoms with E-state index in [1.807, 2.05) is 13.1 Å². The summed E-state index contributed by atoms with van der Waals surface area (Å²) in [6.45, 7) is 8.65. The third-order valence-electron chi connectivity index (χ3n) is 2.22. The van der Waals surface area contributed by atoms with Gasteiger partial charge in [0, 0.05) is 14.2 Å². The van der Waals surface area contributed by atoms with E-state index in [0.717, 1.165) is 0 Å². The van der Waals surface area contributed by atoms with Crippen molar-refractivity contribution in [2.24, 2.45) is 0 Å². The van der Waals surface area contributed by atoms with Crippen molar-refractivity contribution in [3.63, 3.8) is 0 Å². The minimum absolute atomic E-state index is 0.549. The topological polar surface area (TPSA) is 55.4 Å². The van der Waals surface area contributed by atoms with Gasteiger partial charge in [-0.05, 0) is 13.1 Å². The average molecular weight is 296 g/mol. The van der Waals surface area contributed by atoms with Gasteiger partial charge in [-0.15, -0.1) is 0 Å². The molecule has 116 valence electrons. The zero-order chi connectivity index (χ0) is 14.4. The number of hydrogen-bond donors (Lipinski definition) is 0. The monoisotopic (exact) mass is 296 g/mol. The summed E-state index contributed by atoms with van der Waals surface area (Å²) < 4.78 is 31.8. The maximum absolute atomic E-state index is 5.71. The number of rotatable bonds is 14. The molecule has 0 fully saturated rings. The van der Waals surface area contributed by atoms with Crippen LogP contribution < -0.4 is 0 Å². The molecule has 0 aromatic heterocycles. The molecule has 0 aromatic rings. The molecule has 0 bridgehead atoms. The summed E-state index contributed by atoms with van der Waals surface area (Å²) in [7, 11) is 1.24. The van der Waals surface area contributed by atoms with Crippen LogP contribution in [0.15, 0.2) is 0 Å². The fourth-order valence-electron chi connectivity index (χ4n) is 1.22.